The second kappa shape index (κ2) is 14.2. The molecule has 0 amide bonds. The summed E-state index contributed by atoms with van der Waals surface area (Å²) in [5.74, 6) is 1.73. The topological polar surface area (TPSA) is 235 Å². The average molecular weight is 442 g/mol. The molecule has 10 N–H and O–H groups in total. The molecule has 0 saturated heterocycles. The first kappa shape index (κ1) is 28.4. The van der Waals surface area contributed by atoms with Crippen molar-refractivity contribution in [2.45, 2.75) is 0 Å². The van der Waals surface area contributed by atoms with Crippen molar-refractivity contribution in [3.05, 3.63) is 48.5 Å². The zero-order valence-electron chi connectivity index (χ0n) is 15.2. The lowest BCUT2D eigenvalue weighted by Gasteiger charge is -2.01. The summed E-state index contributed by atoms with van der Waals surface area (Å²) < 4.78 is 27.5. The Balaban J connectivity index is 0. The molecule has 2 aromatic carbocycles. The highest BCUT2D eigenvalue weighted by Gasteiger charge is 1.91. The van der Waals surface area contributed by atoms with Crippen molar-refractivity contribution in [1.29, 1.82) is 0 Å². The van der Waals surface area contributed by atoms with Crippen LogP contribution < -0.4 is 30.7 Å². The molecule has 0 radical (unpaired) electrons. The van der Waals surface area contributed by atoms with Gasteiger partial charge in [0.2, 0.25) is 0 Å². The Bertz CT molecular complexity index is 696. The van der Waals surface area contributed by atoms with Crippen LogP contribution in [-0.2, 0) is 9.13 Å². The van der Waals surface area contributed by atoms with E-state index in [1.165, 1.54) is 0 Å². The number of methoxy groups -OCH3 is 2. The molecule has 12 nitrogen and oxygen atoms in total. The van der Waals surface area contributed by atoms with Gasteiger partial charge in [-0.15, -0.1) is 0 Å². The Morgan fingerprint density at radius 2 is 1.00 bits per heavy atom. The van der Waals surface area contributed by atoms with Crippen molar-refractivity contribution in [2.24, 2.45) is 0 Å². The minimum Gasteiger partial charge on any atom is -0.756 e. The molecule has 0 saturated carbocycles. The van der Waals surface area contributed by atoms with E-state index in [-0.39, 0.29) is 0 Å². The highest BCUT2D eigenvalue weighted by atomic mass is 31.2. The second-order valence-corrected chi connectivity index (χ2v) is 6.65. The van der Waals surface area contributed by atoms with Crippen LogP contribution in [-0.4, -0.2) is 33.8 Å². The molecule has 0 bridgehead atoms. The van der Waals surface area contributed by atoms with Crippen molar-refractivity contribution in [3.8, 4) is 11.5 Å². The fourth-order valence-electron chi connectivity index (χ4n) is 1.34. The van der Waals surface area contributed by atoms with Crippen molar-refractivity contribution < 1.29 is 59.4 Å². The molecule has 0 spiro atoms. The van der Waals surface area contributed by atoms with E-state index in [4.69, 9.17) is 48.0 Å². The van der Waals surface area contributed by atoms with Crippen molar-refractivity contribution in [2.75, 3.05) is 14.2 Å². The largest absolute Gasteiger partial charge is 0.756 e. The summed E-state index contributed by atoms with van der Waals surface area (Å²) in [6.45, 7) is 0. The monoisotopic (exact) mass is 442 g/mol. The van der Waals surface area contributed by atoms with Crippen LogP contribution in [0.15, 0.2) is 48.5 Å². The molecule has 160 valence electrons. The fraction of sp³-hybridized carbons (Fsp3) is 0.143. The fourth-order valence-corrected chi connectivity index (χ4v) is 1.34. The molecule has 0 atom stereocenters. The maximum atomic E-state index is 8.77. The summed E-state index contributed by atoms with van der Waals surface area (Å²) >= 11 is 0. The number of hydrogen-bond acceptors (Lipinski definition) is 6. The van der Waals surface area contributed by atoms with E-state index in [1.807, 2.05) is 48.5 Å². The molecule has 2 aromatic rings. The lowest BCUT2D eigenvalue weighted by molar-refractivity contribution is -0.255. The molecule has 28 heavy (non-hydrogen) atoms. The van der Waals surface area contributed by atoms with E-state index in [0.717, 1.165) is 22.9 Å². The second-order valence-electron chi connectivity index (χ2n) is 4.68. The Kier molecular flexibility index (Phi) is 14.4. The molecule has 0 unspecified atom stereocenters. The van der Waals surface area contributed by atoms with Crippen LogP contribution in [0.1, 0.15) is 0 Å². The normalized spacial score (nSPS) is 10.1. The van der Waals surface area contributed by atoms with Crippen molar-refractivity contribution in [3.63, 3.8) is 0 Å². The summed E-state index contributed by atoms with van der Waals surface area (Å²) in [6.07, 6.45) is 0. The molecule has 0 fully saturated rings. The third-order valence-electron chi connectivity index (χ3n) is 2.27. The highest BCUT2D eigenvalue weighted by Crippen LogP contribution is 2.19. The van der Waals surface area contributed by atoms with Crippen LogP contribution in [0.3, 0.4) is 0 Å². The van der Waals surface area contributed by atoms with Crippen LogP contribution in [0.2, 0.25) is 0 Å². The van der Waals surface area contributed by atoms with Gasteiger partial charge in [-0.1, -0.05) is 12.1 Å². The number of rotatable bonds is 2. The first-order chi connectivity index (χ1) is 12.7. The summed E-state index contributed by atoms with van der Waals surface area (Å²) in [5, 5.41) is 0. The van der Waals surface area contributed by atoms with Gasteiger partial charge >= 0.3 is 0 Å². The maximum absolute atomic E-state index is 8.77. The van der Waals surface area contributed by atoms with Crippen LogP contribution >= 0.6 is 15.6 Å². The van der Waals surface area contributed by atoms with Gasteiger partial charge in [-0.25, -0.2) is 0 Å². The van der Waals surface area contributed by atoms with Crippen LogP contribution in [0.5, 0.6) is 11.5 Å². The van der Waals surface area contributed by atoms with Crippen molar-refractivity contribution >= 4 is 27.0 Å². The van der Waals surface area contributed by atoms with E-state index >= 15 is 0 Å². The Labute approximate surface area is 161 Å². The minimum atomic E-state index is -4.89. The van der Waals surface area contributed by atoms with Gasteiger partial charge in [-0.05, 0) is 24.3 Å². The lowest BCUT2D eigenvalue weighted by atomic mass is 10.3. The van der Waals surface area contributed by atoms with E-state index in [9.17, 15) is 0 Å². The lowest BCUT2D eigenvalue weighted by Crippen LogP contribution is -2.39. The number of quaternary nitrogens is 2. The van der Waals surface area contributed by atoms with Gasteiger partial charge in [-0.2, -0.15) is 0 Å². The zero-order valence-corrected chi connectivity index (χ0v) is 17.0. The quantitative estimate of drug-likeness (QED) is 0.280. The van der Waals surface area contributed by atoms with Crippen molar-refractivity contribution in [1.82, 2.24) is 0 Å². The zero-order chi connectivity index (χ0) is 22.4. The van der Waals surface area contributed by atoms with Gasteiger partial charge in [-0.3, -0.25) is 9.13 Å². The predicted octanol–water partition coefficient (Wildman–Crippen LogP) is -1.98. The molecule has 0 aliphatic heterocycles. The van der Waals surface area contributed by atoms with Gasteiger partial charge in [0.05, 0.1) is 14.2 Å². The first-order valence-corrected chi connectivity index (χ1v) is 10.2. The molecular weight excluding hydrogens is 418 g/mol. The minimum absolute atomic E-state index is 0.863. The molecular formula is C14H24N2O10P2. The van der Waals surface area contributed by atoms with Gasteiger partial charge in [0, 0.05) is 12.1 Å². The van der Waals surface area contributed by atoms with E-state index in [1.54, 1.807) is 14.2 Å². The molecule has 0 aromatic heterocycles. The van der Waals surface area contributed by atoms with E-state index in [0.29, 0.717) is 0 Å². The predicted molar refractivity (Wildman–Crippen MR) is 95.2 cm³/mol. The summed E-state index contributed by atoms with van der Waals surface area (Å²) in [7, 11) is -6.48. The number of benzene rings is 2. The average Bonchev–Trinajstić information content (AvgIpc) is 2.52. The van der Waals surface area contributed by atoms with E-state index in [2.05, 4.69) is 11.5 Å². The number of hydrogen-bond donors (Lipinski definition) is 6. The summed E-state index contributed by atoms with van der Waals surface area (Å²) in [6, 6.07) is 15.3. The first-order valence-electron chi connectivity index (χ1n) is 7.10. The molecule has 14 heteroatoms. The summed E-state index contributed by atoms with van der Waals surface area (Å²) in [4.78, 5) is 45.8. The standard InChI is InChI=1S/2C7H9NO.2H3O4P/c2*1-9-7-4-2-3-6(8)5-7;2*1-5(2,3)4/h2*2-5H,8H2,1H3;2*(H3,1,2,3,4). The van der Waals surface area contributed by atoms with Crippen LogP contribution in [0.4, 0.5) is 11.4 Å². The SMILES string of the molecule is COc1cccc([NH3+])c1.COc1cccc([NH3+])c1.O=P([O-])(O)O.O=P([O-])(O)O. The van der Waals surface area contributed by atoms with Gasteiger partial charge < -0.3 is 50.3 Å². The Hall–Kier alpha value is -1.82. The molecule has 0 heterocycles. The van der Waals surface area contributed by atoms with Gasteiger partial charge in [0.1, 0.15) is 22.9 Å². The molecule has 0 aliphatic rings. The van der Waals surface area contributed by atoms with E-state index < -0.39 is 15.6 Å². The maximum Gasteiger partial charge on any atom is 0.262 e. The number of phosphoric acid groups is 2. The summed E-state index contributed by atoms with van der Waals surface area (Å²) in [5.41, 5.74) is 9.46. The third kappa shape index (κ3) is 26.4. The molecule has 0 aliphatic carbocycles. The smallest absolute Gasteiger partial charge is 0.262 e. The van der Waals surface area contributed by atoms with Crippen LogP contribution in [0.25, 0.3) is 0 Å². The highest BCUT2D eigenvalue weighted by molar-refractivity contribution is 7.43. The molecule has 2 rings (SSSR count). The Morgan fingerprint density at radius 1 is 0.750 bits per heavy atom. The third-order valence-corrected chi connectivity index (χ3v) is 2.27. The Morgan fingerprint density at radius 3 is 1.14 bits per heavy atom. The van der Waals surface area contributed by atoms with Crippen LogP contribution in [0, 0.1) is 0 Å². The van der Waals surface area contributed by atoms with Gasteiger partial charge in [0.15, 0.2) is 0 Å². The van der Waals surface area contributed by atoms with Gasteiger partial charge in [0.25, 0.3) is 15.6 Å². The number of ether oxygens (including phenoxy) is 2.